The van der Waals surface area contributed by atoms with E-state index in [4.69, 9.17) is 0 Å². The summed E-state index contributed by atoms with van der Waals surface area (Å²) < 4.78 is 1.98. The van der Waals surface area contributed by atoms with E-state index in [9.17, 15) is 0 Å². The predicted molar refractivity (Wildman–Crippen MR) is 170 cm³/mol. The Hall–Kier alpha value is -2.82. The van der Waals surface area contributed by atoms with Gasteiger partial charge in [0.1, 0.15) is 0 Å². The number of para-hydroxylation sites is 1. The van der Waals surface area contributed by atoms with Crippen LogP contribution >= 0.6 is 0 Å². The van der Waals surface area contributed by atoms with E-state index in [0.29, 0.717) is 0 Å². The van der Waals surface area contributed by atoms with E-state index in [1.165, 1.54) is 60.0 Å². The number of H-pyrrole nitrogens is 2. The van der Waals surface area contributed by atoms with Gasteiger partial charge in [-0.15, -0.1) is 0 Å². The lowest BCUT2D eigenvalue weighted by Gasteiger charge is -2.02. The van der Waals surface area contributed by atoms with E-state index < -0.39 is 0 Å². The Morgan fingerprint density at radius 1 is 0.868 bits per heavy atom. The minimum atomic E-state index is 0.781. The van der Waals surface area contributed by atoms with Crippen molar-refractivity contribution in [3.63, 3.8) is 0 Å². The molecule has 0 saturated carbocycles. The van der Waals surface area contributed by atoms with Gasteiger partial charge in [0.05, 0.1) is 18.3 Å². The third kappa shape index (κ3) is 16.8. The molecule has 2 N–H and O–H groups in total. The van der Waals surface area contributed by atoms with Crippen LogP contribution in [0.15, 0.2) is 55.5 Å². The maximum Gasteiger partial charge on any atom is 0.0946 e. The van der Waals surface area contributed by atoms with Gasteiger partial charge in [-0.25, -0.2) is 9.97 Å². The molecule has 4 rings (SSSR count). The molecule has 0 amide bonds. The molecule has 216 valence electrons. The highest BCUT2D eigenvalue weighted by Crippen LogP contribution is 2.20. The van der Waals surface area contributed by atoms with Crippen LogP contribution in [0.2, 0.25) is 0 Å². The number of aromatic amines is 2. The van der Waals surface area contributed by atoms with Crippen LogP contribution in [0.4, 0.5) is 0 Å². The summed E-state index contributed by atoms with van der Waals surface area (Å²) in [6.07, 6.45) is 18.0. The summed E-state index contributed by atoms with van der Waals surface area (Å²) in [5, 5.41) is 1.38. The first-order valence-electron chi connectivity index (χ1n) is 15.0. The number of hydrogen-bond acceptors (Lipinski definition) is 2. The number of rotatable bonds is 8. The minimum Gasteiger partial charge on any atom is -0.361 e. The molecule has 4 aromatic rings. The fourth-order valence-corrected chi connectivity index (χ4v) is 3.42. The van der Waals surface area contributed by atoms with Crippen LogP contribution in [0.5, 0.6) is 0 Å². The smallest absolute Gasteiger partial charge is 0.0946 e. The molecule has 38 heavy (non-hydrogen) atoms. The molecule has 5 heteroatoms. The van der Waals surface area contributed by atoms with E-state index >= 15 is 0 Å². The molecule has 0 unspecified atom stereocenters. The molecular weight excluding hydrogens is 466 g/mol. The van der Waals surface area contributed by atoms with Crippen molar-refractivity contribution in [2.45, 2.75) is 114 Å². The monoisotopic (exact) mass is 525 g/mol. The number of benzene rings is 1. The number of fused-ring (bicyclic) bond motifs is 1. The molecule has 0 spiro atoms. The van der Waals surface area contributed by atoms with Crippen LogP contribution in [0, 0.1) is 5.92 Å². The SMILES string of the molecule is CC.CC.CC.CC(C)CCc1c[nH]c2ccccc12.CCCCc1cnc[nH]1.CCCc1cn(C)cn1. The van der Waals surface area contributed by atoms with E-state index in [1.807, 2.05) is 65.7 Å². The lowest BCUT2D eigenvalue weighted by Crippen LogP contribution is -1.90. The second-order valence-electron chi connectivity index (χ2n) is 8.75. The number of aryl methyl sites for hydroxylation is 4. The normalized spacial score (nSPS) is 9.37. The van der Waals surface area contributed by atoms with Crippen LogP contribution in [0.1, 0.15) is 112 Å². The standard InChI is InChI=1S/C13H17N.2C7H12N2.3C2H6/c1-10(2)7-8-11-9-14-13-6-4-3-5-12(11)13;1-3-4-7-5-9(2)6-8-7;1-2-3-4-7-5-8-6-9-7;3*1-2/h3-6,9-10,14H,7-8H2,1-2H3;5-6H,3-4H2,1-2H3;5-6H,2-4H2,1H3,(H,8,9);3*1-2H3. The molecule has 0 aliphatic rings. The summed E-state index contributed by atoms with van der Waals surface area (Å²) in [4.78, 5) is 14.5. The van der Waals surface area contributed by atoms with Gasteiger partial charge in [0, 0.05) is 42.2 Å². The van der Waals surface area contributed by atoms with Gasteiger partial charge in [0.2, 0.25) is 0 Å². The van der Waals surface area contributed by atoms with E-state index in [-0.39, 0.29) is 0 Å². The van der Waals surface area contributed by atoms with E-state index in [0.717, 1.165) is 18.8 Å². The second kappa shape index (κ2) is 25.8. The van der Waals surface area contributed by atoms with Crippen LogP contribution < -0.4 is 0 Å². The van der Waals surface area contributed by atoms with Gasteiger partial charge in [-0.2, -0.15) is 0 Å². The van der Waals surface area contributed by atoms with E-state index in [2.05, 4.69) is 84.3 Å². The molecule has 3 aromatic heterocycles. The zero-order chi connectivity index (χ0) is 29.2. The fraction of sp³-hybridized carbons (Fsp3) is 0.576. The Kier molecular flexibility index (Phi) is 25.4. The summed E-state index contributed by atoms with van der Waals surface area (Å²) >= 11 is 0. The van der Waals surface area contributed by atoms with Crippen LogP contribution in [-0.2, 0) is 26.3 Å². The van der Waals surface area contributed by atoms with Crippen molar-refractivity contribution in [1.82, 2.24) is 24.5 Å². The van der Waals surface area contributed by atoms with Crippen LogP contribution in [0.25, 0.3) is 10.9 Å². The highest BCUT2D eigenvalue weighted by molar-refractivity contribution is 5.82. The Labute approximate surface area is 234 Å². The number of unbranched alkanes of at least 4 members (excludes halogenated alkanes) is 1. The Balaban J connectivity index is 0. The van der Waals surface area contributed by atoms with Crippen LogP contribution in [0.3, 0.4) is 0 Å². The average molecular weight is 526 g/mol. The predicted octanol–water partition coefficient (Wildman–Crippen LogP) is 9.96. The summed E-state index contributed by atoms with van der Waals surface area (Å²) in [5.41, 5.74) is 5.15. The zero-order valence-electron chi connectivity index (χ0n) is 26.6. The lowest BCUT2D eigenvalue weighted by molar-refractivity contribution is 0.588. The number of imidazole rings is 2. The minimum absolute atomic E-state index is 0.781. The number of hydrogen-bond donors (Lipinski definition) is 2. The first-order chi connectivity index (χ1) is 18.5. The average Bonchev–Trinajstić information content (AvgIpc) is 3.72. The van der Waals surface area contributed by atoms with Crippen LogP contribution in [-0.4, -0.2) is 24.5 Å². The van der Waals surface area contributed by atoms with Gasteiger partial charge in [-0.05, 0) is 49.7 Å². The molecule has 1 aromatic carbocycles. The summed E-state index contributed by atoms with van der Waals surface area (Å²) in [6.45, 7) is 20.9. The Morgan fingerprint density at radius 2 is 1.55 bits per heavy atom. The third-order valence-electron chi connectivity index (χ3n) is 5.28. The summed E-state index contributed by atoms with van der Waals surface area (Å²) in [6, 6.07) is 8.51. The maximum absolute atomic E-state index is 4.17. The fourth-order valence-electron chi connectivity index (χ4n) is 3.42. The van der Waals surface area contributed by atoms with Gasteiger partial charge in [-0.1, -0.05) is 100 Å². The van der Waals surface area contributed by atoms with Crippen molar-refractivity contribution >= 4 is 10.9 Å². The molecule has 0 fully saturated rings. The van der Waals surface area contributed by atoms with Gasteiger partial charge >= 0.3 is 0 Å². The van der Waals surface area contributed by atoms with Crippen molar-refractivity contribution in [2.24, 2.45) is 13.0 Å². The highest BCUT2D eigenvalue weighted by atomic mass is 15.0. The van der Waals surface area contributed by atoms with Crippen molar-refractivity contribution in [3.05, 3.63) is 72.5 Å². The molecule has 3 heterocycles. The topological polar surface area (TPSA) is 62.3 Å². The molecule has 0 radical (unpaired) electrons. The Bertz CT molecular complexity index is 980. The quantitative estimate of drug-likeness (QED) is 0.240. The Morgan fingerprint density at radius 3 is 2.08 bits per heavy atom. The molecule has 0 aliphatic carbocycles. The molecule has 5 nitrogen and oxygen atoms in total. The maximum atomic E-state index is 4.17. The largest absolute Gasteiger partial charge is 0.361 e. The molecule has 0 aliphatic heterocycles. The lowest BCUT2D eigenvalue weighted by atomic mass is 10.0. The van der Waals surface area contributed by atoms with Gasteiger partial charge in [0.25, 0.3) is 0 Å². The zero-order valence-corrected chi connectivity index (χ0v) is 26.6. The number of nitrogens with zero attached hydrogens (tertiary/aromatic N) is 3. The van der Waals surface area contributed by atoms with Gasteiger partial charge < -0.3 is 14.5 Å². The van der Waals surface area contributed by atoms with Crippen molar-refractivity contribution in [3.8, 4) is 0 Å². The van der Waals surface area contributed by atoms with Crippen molar-refractivity contribution in [1.29, 1.82) is 0 Å². The number of nitrogens with one attached hydrogen (secondary N) is 2. The summed E-state index contributed by atoms with van der Waals surface area (Å²) in [7, 11) is 1.99. The number of aromatic nitrogens is 5. The van der Waals surface area contributed by atoms with E-state index in [1.54, 1.807) is 6.33 Å². The first-order valence-corrected chi connectivity index (χ1v) is 15.0. The molecule has 0 atom stereocenters. The second-order valence-corrected chi connectivity index (χ2v) is 8.75. The first kappa shape index (κ1) is 37.3. The van der Waals surface area contributed by atoms with Gasteiger partial charge in [-0.3, -0.25) is 0 Å². The molecule has 0 saturated heterocycles. The van der Waals surface area contributed by atoms with Crippen molar-refractivity contribution < 1.29 is 0 Å². The summed E-state index contributed by atoms with van der Waals surface area (Å²) in [5.74, 6) is 0.781. The highest BCUT2D eigenvalue weighted by Gasteiger charge is 2.03. The van der Waals surface area contributed by atoms with Crippen molar-refractivity contribution in [2.75, 3.05) is 0 Å². The van der Waals surface area contributed by atoms with Gasteiger partial charge in [0.15, 0.2) is 0 Å². The third-order valence-corrected chi connectivity index (χ3v) is 5.28. The molecule has 0 bridgehead atoms. The molecular formula is C33H59N5.